The normalized spacial score (nSPS) is 30.7. The zero-order valence-electron chi connectivity index (χ0n) is 13.5. The van der Waals surface area contributed by atoms with Crippen LogP contribution >= 0.6 is 0 Å². The van der Waals surface area contributed by atoms with E-state index in [0.29, 0.717) is 18.5 Å². The van der Waals surface area contributed by atoms with Crippen LogP contribution in [0.5, 0.6) is 0 Å². The van der Waals surface area contributed by atoms with Crippen molar-refractivity contribution in [2.75, 3.05) is 20.1 Å². The fraction of sp³-hybridized carbons (Fsp3) is 0.600. The summed E-state index contributed by atoms with van der Waals surface area (Å²) < 4.78 is 0. The Morgan fingerprint density at radius 3 is 2.58 bits per heavy atom. The van der Waals surface area contributed by atoms with Gasteiger partial charge in [-0.3, -0.25) is 14.6 Å². The zero-order valence-corrected chi connectivity index (χ0v) is 13.5. The molecule has 0 bridgehead atoms. The molecule has 4 atom stereocenters. The molecule has 1 unspecified atom stereocenters. The molecule has 9 heteroatoms. The molecule has 24 heavy (non-hydrogen) atoms. The van der Waals surface area contributed by atoms with E-state index in [9.17, 15) is 24.6 Å². The van der Waals surface area contributed by atoms with Crippen molar-refractivity contribution in [2.45, 2.75) is 25.5 Å². The van der Waals surface area contributed by atoms with Crippen LogP contribution in [0.15, 0.2) is 16.3 Å². The number of fused-ring (bicyclic) bond motifs is 1. The quantitative estimate of drug-likeness (QED) is 0.528. The third-order valence-corrected chi connectivity index (χ3v) is 5.00. The molecular formula is C15H20N4O5. The number of aliphatic hydroxyl groups excluding tert-OH is 1. The second-order valence-corrected chi connectivity index (χ2v) is 6.53. The van der Waals surface area contributed by atoms with Crippen LogP contribution < -0.4 is 5.73 Å². The van der Waals surface area contributed by atoms with Gasteiger partial charge in [0.2, 0.25) is 5.91 Å². The largest absolute Gasteiger partial charge is 0.477 e. The van der Waals surface area contributed by atoms with Crippen LogP contribution in [0.25, 0.3) is 0 Å². The molecule has 3 aliphatic heterocycles. The average Bonchev–Trinajstić information content (AvgIpc) is 2.81. The Balaban J connectivity index is 1.90. The van der Waals surface area contributed by atoms with Gasteiger partial charge in [0, 0.05) is 26.1 Å². The molecule has 4 N–H and O–H groups in total. The number of rotatable bonds is 4. The summed E-state index contributed by atoms with van der Waals surface area (Å²) in [6.07, 6.45) is -0.412. The Bertz CT molecular complexity index is 683. The number of carboxylic acid groups (broad SMARTS) is 1. The van der Waals surface area contributed by atoms with Crippen LogP contribution in [0.2, 0.25) is 0 Å². The molecule has 9 nitrogen and oxygen atoms in total. The van der Waals surface area contributed by atoms with Crippen LogP contribution in [0.3, 0.4) is 0 Å². The van der Waals surface area contributed by atoms with Gasteiger partial charge in [-0.05, 0) is 18.9 Å². The molecule has 2 amide bonds. The lowest BCUT2D eigenvalue weighted by molar-refractivity contribution is -0.161. The first kappa shape index (κ1) is 16.4. The van der Waals surface area contributed by atoms with E-state index < -0.39 is 23.9 Å². The molecule has 0 saturated carbocycles. The molecule has 0 radical (unpaired) electrons. The standard InChI is InChI=1S/C15H20N4O5/c1-6(20)10-9-3-8(11(15(23)24)19(9)14(10)22)7-4-17-13(12(16)21)18(2)5-7/h6-7,9-10,20H,3-5H2,1-2H3,(H2,16,21)(H,23,24)/t6-,7?,9-,10-/m1/s1. The molecule has 0 aromatic carbocycles. The number of β-lactam (4-membered cyclic amide) rings is 1. The van der Waals surface area contributed by atoms with Gasteiger partial charge < -0.3 is 25.7 Å². The third kappa shape index (κ3) is 2.27. The lowest BCUT2D eigenvalue weighted by Gasteiger charge is -2.44. The van der Waals surface area contributed by atoms with E-state index in [1.807, 2.05) is 0 Å². The number of nitrogens with zero attached hydrogens (tertiary/aromatic N) is 3. The van der Waals surface area contributed by atoms with Crippen molar-refractivity contribution in [3.05, 3.63) is 11.3 Å². The highest BCUT2D eigenvalue weighted by Crippen LogP contribution is 2.46. The van der Waals surface area contributed by atoms with Gasteiger partial charge in [-0.15, -0.1) is 0 Å². The van der Waals surface area contributed by atoms with Crippen molar-refractivity contribution in [2.24, 2.45) is 22.6 Å². The number of likely N-dealkylation sites (N-methyl/N-ethyl adjacent to an activating group) is 1. The van der Waals surface area contributed by atoms with Gasteiger partial charge in [0.1, 0.15) is 5.70 Å². The van der Waals surface area contributed by atoms with Crippen LogP contribution in [-0.4, -0.2) is 75.9 Å². The predicted molar refractivity (Wildman–Crippen MR) is 82.7 cm³/mol. The second-order valence-electron chi connectivity index (χ2n) is 6.53. The van der Waals surface area contributed by atoms with Crippen molar-refractivity contribution in [1.82, 2.24) is 9.80 Å². The van der Waals surface area contributed by atoms with Gasteiger partial charge in [-0.25, -0.2) is 4.79 Å². The van der Waals surface area contributed by atoms with Crippen molar-refractivity contribution in [1.29, 1.82) is 0 Å². The van der Waals surface area contributed by atoms with Crippen molar-refractivity contribution < 1.29 is 24.6 Å². The van der Waals surface area contributed by atoms with Gasteiger partial charge in [-0.1, -0.05) is 0 Å². The first-order chi connectivity index (χ1) is 11.2. The number of carboxylic acids is 1. The average molecular weight is 336 g/mol. The topological polar surface area (TPSA) is 137 Å². The van der Waals surface area contributed by atoms with Gasteiger partial charge in [0.05, 0.1) is 18.1 Å². The Hall–Kier alpha value is -2.42. The minimum absolute atomic E-state index is 0.00183. The minimum atomic E-state index is -1.16. The van der Waals surface area contributed by atoms with Gasteiger partial charge in [0.15, 0.2) is 5.84 Å². The number of aliphatic imine (C=N–C) groups is 1. The summed E-state index contributed by atoms with van der Waals surface area (Å²) in [7, 11) is 1.67. The van der Waals surface area contributed by atoms with Crippen molar-refractivity contribution in [3.63, 3.8) is 0 Å². The third-order valence-electron chi connectivity index (χ3n) is 5.00. The minimum Gasteiger partial charge on any atom is -0.477 e. The Morgan fingerprint density at radius 2 is 2.08 bits per heavy atom. The summed E-state index contributed by atoms with van der Waals surface area (Å²) >= 11 is 0. The van der Waals surface area contributed by atoms with Crippen molar-refractivity contribution in [3.8, 4) is 0 Å². The number of hydrogen-bond donors (Lipinski definition) is 3. The maximum atomic E-state index is 12.2. The van der Waals surface area contributed by atoms with Crippen LogP contribution in [0, 0.1) is 11.8 Å². The molecule has 0 spiro atoms. The number of primary amides is 1. The second kappa shape index (κ2) is 5.59. The zero-order chi connectivity index (χ0) is 17.8. The summed E-state index contributed by atoms with van der Waals surface area (Å²) in [4.78, 5) is 42.2. The monoisotopic (exact) mass is 336 g/mol. The fourth-order valence-corrected chi connectivity index (χ4v) is 3.94. The van der Waals surface area contributed by atoms with E-state index >= 15 is 0 Å². The predicted octanol–water partition coefficient (Wildman–Crippen LogP) is -1.62. The number of amides is 2. The molecule has 3 aliphatic rings. The molecule has 130 valence electrons. The van der Waals surface area contributed by atoms with Gasteiger partial charge in [0.25, 0.3) is 5.91 Å². The maximum Gasteiger partial charge on any atom is 0.352 e. The van der Waals surface area contributed by atoms with Gasteiger partial charge in [-0.2, -0.15) is 0 Å². The van der Waals surface area contributed by atoms with Gasteiger partial charge >= 0.3 is 5.97 Å². The summed E-state index contributed by atoms with van der Waals surface area (Å²) in [5, 5.41) is 19.3. The number of hydrogen-bond acceptors (Lipinski definition) is 6. The van der Waals surface area contributed by atoms with E-state index in [4.69, 9.17) is 5.73 Å². The number of carbonyl (C=O) groups excluding carboxylic acids is 2. The lowest BCUT2D eigenvalue weighted by atomic mass is 9.81. The summed E-state index contributed by atoms with van der Waals surface area (Å²) in [5.74, 6) is -2.74. The van der Waals surface area contributed by atoms with E-state index in [1.165, 1.54) is 11.8 Å². The van der Waals surface area contributed by atoms with E-state index in [1.54, 1.807) is 11.9 Å². The fourth-order valence-electron chi connectivity index (χ4n) is 3.94. The number of aliphatic carboxylic acids is 1. The lowest BCUT2D eigenvalue weighted by Crippen LogP contribution is -2.61. The highest BCUT2D eigenvalue weighted by molar-refractivity contribution is 6.37. The van der Waals surface area contributed by atoms with Crippen LogP contribution in [0.4, 0.5) is 0 Å². The summed E-state index contributed by atoms with van der Waals surface area (Å²) in [6, 6.07) is -0.314. The molecule has 0 aromatic rings. The first-order valence-corrected chi connectivity index (χ1v) is 7.76. The molecule has 3 heterocycles. The molecule has 1 saturated heterocycles. The number of aliphatic hydroxyl groups is 1. The summed E-state index contributed by atoms with van der Waals surface area (Å²) in [5.41, 5.74) is 5.90. The van der Waals surface area contributed by atoms with E-state index in [2.05, 4.69) is 4.99 Å². The van der Waals surface area contributed by atoms with Crippen LogP contribution in [-0.2, 0) is 14.4 Å². The molecule has 0 aliphatic carbocycles. The SMILES string of the molecule is C[C@@H](O)[C@H]1C(=O)N2C(C(=O)O)=C(C3CN=C(C(N)=O)N(C)C3)C[C@H]12. The highest BCUT2D eigenvalue weighted by Gasteiger charge is 2.57. The Kier molecular flexibility index (Phi) is 3.83. The number of nitrogens with two attached hydrogens (primary N) is 1. The number of amidine groups is 1. The van der Waals surface area contributed by atoms with Crippen molar-refractivity contribution >= 4 is 23.6 Å². The molecule has 3 rings (SSSR count). The van der Waals surface area contributed by atoms with Crippen LogP contribution in [0.1, 0.15) is 13.3 Å². The molecular weight excluding hydrogens is 316 g/mol. The summed E-state index contributed by atoms with van der Waals surface area (Å²) in [6.45, 7) is 2.20. The smallest absolute Gasteiger partial charge is 0.352 e. The van der Waals surface area contributed by atoms with E-state index in [0.717, 1.165) is 0 Å². The molecule has 0 aromatic heterocycles. The number of carbonyl (C=O) groups is 3. The van der Waals surface area contributed by atoms with E-state index in [-0.39, 0.29) is 35.9 Å². The Morgan fingerprint density at radius 1 is 1.42 bits per heavy atom. The Labute approximate surface area is 138 Å². The molecule has 1 fully saturated rings. The first-order valence-electron chi connectivity index (χ1n) is 7.76. The highest BCUT2D eigenvalue weighted by atomic mass is 16.4. The maximum absolute atomic E-state index is 12.2.